The van der Waals surface area contributed by atoms with Gasteiger partial charge in [-0.05, 0) is 24.1 Å². The summed E-state index contributed by atoms with van der Waals surface area (Å²) in [6.07, 6.45) is 6.97. The van der Waals surface area contributed by atoms with Crippen LogP contribution in [-0.4, -0.2) is 22.4 Å². The van der Waals surface area contributed by atoms with E-state index in [4.69, 9.17) is 0 Å². The van der Waals surface area contributed by atoms with Crippen LogP contribution in [0.25, 0.3) is 11.4 Å². The highest BCUT2D eigenvalue weighted by atomic mass is 28.3. The summed E-state index contributed by atoms with van der Waals surface area (Å²) < 4.78 is 2.52. The first-order chi connectivity index (χ1) is 8.13. The minimum Gasteiger partial charge on any atom is -0.356 e. The van der Waals surface area contributed by atoms with E-state index >= 15 is 0 Å². The molecule has 4 heteroatoms. The topological polar surface area (TPSA) is 30.7 Å². The van der Waals surface area contributed by atoms with Gasteiger partial charge in [-0.3, -0.25) is 4.98 Å². The van der Waals surface area contributed by atoms with Gasteiger partial charge in [0.2, 0.25) is 0 Å². The Balaban J connectivity index is 2.31. The van der Waals surface area contributed by atoms with Crippen molar-refractivity contribution in [2.75, 3.05) is 0 Å². The maximum atomic E-state index is 4.63. The average Bonchev–Trinajstić information content (AvgIpc) is 2.73. The van der Waals surface area contributed by atoms with E-state index in [2.05, 4.69) is 40.3 Å². The standard InChI is InChI=1S/C13H17N3Si/c1-4-11-8-15-13-12-5-6-14-7-10(12)9-17(2,3)16(11)13/h5-8H,4,9H2,1-3H3. The summed E-state index contributed by atoms with van der Waals surface area (Å²) in [6, 6.07) is 3.25. The molecule has 1 aliphatic heterocycles. The smallest absolute Gasteiger partial charge is 0.162 e. The highest BCUT2D eigenvalue weighted by Gasteiger charge is 2.34. The zero-order valence-corrected chi connectivity index (χ0v) is 11.6. The molecule has 0 saturated carbocycles. The SMILES string of the molecule is CCc1cnc2n1[Si](C)(C)Cc1cnccc1-2. The largest absolute Gasteiger partial charge is 0.356 e. The van der Waals surface area contributed by atoms with Crippen LogP contribution in [0.5, 0.6) is 0 Å². The van der Waals surface area contributed by atoms with Gasteiger partial charge >= 0.3 is 0 Å². The second kappa shape index (κ2) is 3.53. The molecule has 0 unspecified atom stereocenters. The fourth-order valence-electron chi connectivity index (χ4n) is 2.83. The van der Waals surface area contributed by atoms with Gasteiger partial charge in [0.1, 0.15) is 5.82 Å². The number of imidazole rings is 1. The zero-order chi connectivity index (χ0) is 12.0. The van der Waals surface area contributed by atoms with Crippen molar-refractivity contribution in [1.29, 1.82) is 0 Å². The molecule has 17 heavy (non-hydrogen) atoms. The molecule has 0 spiro atoms. The molecule has 0 atom stereocenters. The lowest BCUT2D eigenvalue weighted by Gasteiger charge is -2.33. The number of hydrogen-bond donors (Lipinski definition) is 0. The molecule has 2 aromatic heterocycles. The van der Waals surface area contributed by atoms with Crippen molar-refractivity contribution in [1.82, 2.24) is 14.2 Å². The van der Waals surface area contributed by atoms with Crippen LogP contribution in [0.15, 0.2) is 24.7 Å². The van der Waals surface area contributed by atoms with Crippen molar-refractivity contribution in [2.24, 2.45) is 0 Å². The predicted molar refractivity (Wildman–Crippen MR) is 71.4 cm³/mol. The molecule has 0 aromatic carbocycles. The Labute approximate surface area is 103 Å². The first kappa shape index (κ1) is 10.7. The third kappa shape index (κ3) is 1.47. The summed E-state index contributed by atoms with van der Waals surface area (Å²) in [5.41, 5.74) is 4.01. The van der Waals surface area contributed by atoms with Crippen LogP contribution < -0.4 is 0 Å². The minimum absolute atomic E-state index is 1.06. The molecule has 3 rings (SSSR count). The van der Waals surface area contributed by atoms with Gasteiger partial charge in [-0.2, -0.15) is 0 Å². The number of nitrogens with zero attached hydrogens (tertiary/aromatic N) is 3. The van der Waals surface area contributed by atoms with E-state index in [0.29, 0.717) is 0 Å². The maximum Gasteiger partial charge on any atom is 0.162 e. The second-order valence-corrected chi connectivity index (χ2v) is 9.71. The number of fused-ring (bicyclic) bond motifs is 3. The van der Waals surface area contributed by atoms with E-state index < -0.39 is 8.24 Å². The molecule has 0 aliphatic carbocycles. The van der Waals surface area contributed by atoms with Crippen LogP contribution in [0.1, 0.15) is 18.2 Å². The third-order valence-electron chi connectivity index (χ3n) is 3.57. The Morgan fingerprint density at radius 2 is 2.18 bits per heavy atom. The molecule has 1 aliphatic rings. The molecule has 0 saturated heterocycles. The summed E-state index contributed by atoms with van der Waals surface area (Å²) in [6.45, 7) is 7.03. The number of aromatic nitrogens is 3. The van der Waals surface area contributed by atoms with Crippen molar-refractivity contribution in [3.8, 4) is 11.4 Å². The Morgan fingerprint density at radius 1 is 1.35 bits per heavy atom. The first-order valence-electron chi connectivity index (χ1n) is 6.14. The van der Waals surface area contributed by atoms with E-state index in [9.17, 15) is 0 Å². The fraction of sp³-hybridized carbons (Fsp3) is 0.385. The maximum absolute atomic E-state index is 4.63. The Bertz CT molecular complexity index is 572. The average molecular weight is 243 g/mol. The molecule has 0 N–H and O–H groups in total. The van der Waals surface area contributed by atoms with Crippen molar-refractivity contribution in [2.45, 2.75) is 32.5 Å². The van der Waals surface area contributed by atoms with E-state index in [0.717, 1.165) is 18.3 Å². The monoisotopic (exact) mass is 243 g/mol. The molecule has 0 bridgehead atoms. The minimum atomic E-state index is -1.46. The molecular weight excluding hydrogens is 226 g/mol. The van der Waals surface area contributed by atoms with Crippen molar-refractivity contribution < 1.29 is 0 Å². The molecular formula is C13H17N3Si. The van der Waals surface area contributed by atoms with E-state index in [1.165, 1.54) is 16.8 Å². The summed E-state index contributed by atoms with van der Waals surface area (Å²) in [5.74, 6) is 1.15. The first-order valence-corrected chi connectivity index (χ1v) is 9.29. The number of hydrogen-bond acceptors (Lipinski definition) is 2. The highest BCUT2D eigenvalue weighted by molar-refractivity contribution is 6.76. The van der Waals surface area contributed by atoms with Crippen LogP contribution in [-0.2, 0) is 12.5 Å². The summed E-state index contributed by atoms with van der Waals surface area (Å²) >= 11 is 0. The lowest BCUT2D eigenvalue weighted by atomic mass is 10.1. The van der Waals surface area contributed by atoms with E-state index in [1.54, 1.807) is 0 Å². The van der Waals surface area contributed by atoms with Crippen LogP contribution in [0.3, 0.4) is 0 Å². The molecule has 3 nitrogen and oxygen atoms in total. The van der Waals surface area contributed by atoms with E-state index in [-0.39, 0.29) is 0 Å². The van der Waals surface area contributed by atoms with Crippen molar-refractivity contribution >= 4 is 8.24 Å². The number of pyridine rings is 1. The predicted octanol–water partition coefficient (Wildman–Crippen LogP) is 2.66. The van der Waals surface area contributed by atoms with Crippen LogP contribution in [0, 0.1) is 0 Å². The van der Waals surface area contributed by atoms with Gasteiger partial charge in [-0.25, -0.2) is 4.98 Å². The molecule has 2 aromatic rings. The lowest BCUT2D eigenvalue weighted by Crippen LogP contribution is -2.43. The van der Waals surface area contributed by atoms with Gasteiger partial charge in [0, 0.05) is 29.8 Å². The van der Waals surface area contributed by atoms with Gasteiger partial charge in [-0.15, -0.1) is 0 Å². The lowest BCUT2D eigenvalue weighted by molar-refractivity contribution is 0.943. The van der Waals surface area contributed by atoms with E-state index in [1.807, 2.05) is 18.6 Å². The van der Waals surface area contributed by atoms with Gasteiger partial charge in [0.25, 0.3) is 0 Å². The summed E-state index contributed by atoms with van der Waals surface area (Å²) in [4.78, 5) is 8.88. The Hall–Kier alpha value is -1.42. The number of rotatable bonds is 1. The van der Waals surface area contributed by atoms with Gasteiger partial charge in [-0.1, -0.05) is 20.0 Å². The van der Waals surface area contributed by atoms with Crippen LogP contribution >= 0.6 is 0 Å². The van der Waals surface area contributed by atoms with Crippen molar-refractivity contribution in [3.63, 3.8) is 0 Å². The third-order valence-corrected chi connectivity index (χ3v) is 6.53. The zero-order valence-electron chi connectivity index (χ0n) is 10.6. The van der Waals surface area contributed by atoms with Gasteiger partial charge in [0.15, 0.2) is 8.24 Å². The van der Waals surface area contributed by atoms with Crippen LogP contribution in [0.2, 0.25) is 13.1 Å². The second-order valence-electron chi connectivity index (χ2n) is 5.28. The Kier molecular flexibility index (Phi) is 2.23. The fourth-order valence-corrected chi connectivity index (χ4v) is 5.95. The summed E-state index contributed by atoms with van der Waals surface area (Å²) in [7, 11) is -1.46. The quantitative estimate of drug-likeness (QED) is 0.721. The normalized spacial score (nSPS) is 16.4. The van der Waals surface area contributed by atoms with Crippen molar-refractivity contribution in [3.05, 3.63) is 35.9 Å². The molecule has 3 heterocycles. The Morgan fingerprint density at radius 3 is 2.94 bits per heavy atom. The molecule has 0 fully saturated rings. The van der Waals surface area contributed by atoms with Gasteiger partial charge in [0.05, 0.1) is 0 Å². The molecule has 0 radical (unpaired) electrons. The number of aryl methyl sites for hydroxylation is 1. The molecule has 0 amide bonds. The molecule has 88 valence electrons. The summed E-state index contributed by atoms with van der Waals surface area (Å²) in [5, 5.41) is 0. The van der Waals surface area contributed by atoms with Crippen LogP contribution in [0.4, 0.5) is 0 Å². The van der Waals surface area contributed by atoms with Gasteiger partial charge < -0.3 is 4.23 Å². The highest BCUT2D eigenvalue weighted by Crippen LogP contribution is 2.34.